The molecule has 14 nitrogen and oxygen atoms in total. The Labute approximate surface area is 242 Å². The summed E-state index contributed by atoms with van der Waals surface area (Å²) < 4.78 is 13.6. The van der Waals surface area contributed by atoms with E-state index in [4.69, 9.17) is 15.2 Å². The van der Waals surface area contributed by atoms with E-state index in [0.29, 0.717) is 42.9 Å². The van der Waals surface area contributed by atoms with Crippen LogP contribution in [0, 0.1) is 28.6 Å². The highest BCUT2D eigenvalue weighted by atomic mass is 16.5. The molecule has 14 heteroatoms. The van der Waals surface area contributed by atoms with Gasteiger partial charge in [-0.15, -0.1) is 5.10 Å². The number of hydrogen-bond donors (Lipinski definition) is 2. The quantitative estimate of drug-likeness (QED) is 0.361. The first-order chi connectivity index (χ1) is 20.3. The summed E-state index contributed by atoms with van der Waals surface area (Å²) in [6.45, 7) is 2.05. The van der Waals surface area contributed by atoms with Gasteiger partial charge in [-0.2, -0.15) is 20.2 Å². The van der Waals surface area contributed by atoms with Gasteiger partial charge in [-0.1, -0.05) is 5.21 Å². The fraction of sp³-hybridized carbons (Fsp3) is 0.571. The second-order valence-electron chi connectivity index (χ2n) is 12.3. The maximum Gasteiger partial charge on any atom is 0.322 e. The zero-order chi connectivity index (χ0) is 28.9. The van der Waals surface area contributed by atoms with E-state index in [1.165, 1.54) is 0 Å². The lowest BCUT2D eigenvalue weighted by Gasteiger charge is -2.61. The molecule has 1 aliphatic heterocycles. The molecule has 4 heterocycles. The Bertz CT molecular complexity index is 1540. The van der Waals surface area contributed by atoms with Gasteiger partial charge in [0.2, 0.25) is 11.8 Å². The third kappa shape index (κ3) is 5.15. The van der Waals surface area contributed by atoms with Gasteiger partial charge in [-0.05, 0) is 62.8 Å². The van der Waals surface area contributed by atoms with E-state index in [0.717, 1.165) is 56.4 Å². The predicted octanol–water partition coefficient (Wildman–Crippen LogP) is 1.90. The lowest BCUT2D eigenvalue weighted by molar-refractivity contribution is -0.0441. The van der Waals surface area contributed by atoms with Crippen LogP contribution in [0.4, 0.5) is 11.8 Å². The third-order valence-electron chi connectivity index (χ3n) is 8.94. The van der Waals surface area contributed by atoms with Crippen molar-refractivity contribution in [2.45, 2.75) is 50.5 Å². The van der Waals surface area contributed by atoms with Gasteiger partial charge in [0.15, 0.2) is 11.6 Å². The Hall–Kier alpha value is -4.54. The van der Waals surface area contributed by atoms with Crippen LogP contribution in [0.15, 0.2) is 18.5 Å². The van der Waals surface area contributed by atoms with E-state index in [1.807, 2.05) is 17.2 Å². The molecular formula is C28H33N11O3. The average Bonchev–Trinajstić information content (AvgIpc) is 3.63. The fourth-order valence-corrected chi connectivity index (χ4v) is 5.92. The first-order valence-electron chi connectivity index (χ1n) is 14.4. The minimum absolute atomic E-state index is 0.0537. The van der Waals surface area contributed by atoms with Crippen LogP contribution in [0.1, 0.15) is 55.6 Å². The summed E-state index contributed by atoms with van der Waals surface area (Å²) in [5, 5.41) is 20.7. The molecule has 218 valence electrons. The van der Waals surface area contributed by atoms with Crippen LogP contribution in [0.3, 0.4) is 0 Å². The van der Waals surface area contributed by atoms with Crippen molar-refractivity contribution in [1.29, 1.82) is 5.26 Å². The number of ether oxygens (including phenoxy) is 2. The molecule has 2 bridgehead atoms. The number of nitrogens with one attached hydrogen (secondary N) is 1. The molecule has 1 amide bonds. The van der Waals surface area contributed by atoms with Gasteiger partial charge in [0.25, 0.3) is 5.91 Å². The van der Waals surface area contributed by atoms with Crippen molar-refractivity contribution in [2.75, 3.05) is 36.9 Å². The molecule has 3 N–H and O–H groups in total. The SMILES string of the molecule is Cn1cc(-c2cnc(N)c(OCC3CCN(c4nc(OCC5(C#N)CC5)nc(C(=O)NC56CC(C5)C6)n4)CC3)c2)nn1. The van der Waals surface area contributed by atoms with Crippen molar-refractivity contribution in [3.63, 3.8) is 0 Å². The number of amides is 1. The van der Waals surface area contributed by atoms with E-state index in [-0.39, 0.29) is 35.8 Å². The molecule has 0 unspecified atom stereocenters. The molecule has 0 atom stereocenters. The van der Waals surface area contributed by atoms with Crippen LogP contribution in [-0.2, 0) is 7.05 Å². The zero-order valence-corrected chi connectivity index (χ0v) is 23.5. The Morgan fingerprint density at radius 2 is 1.98 bits per heavy atom. The van der Waals surface area contributed by atoms with Crippen LogP contribution in [0.25, 0.3) is 11.3 Å². The molecule has 0 spiro atoms. The maximum atomic E-state index is 13.1. The molecule has 0 aromatic carbocycles. The number of carbonyl (C=O) groups is 1. The molecule has 42 heavy (non-hydrogen) atoms. The van der Waals surface area contributed by atoms with Crippen molar-refractivity contribution in [3.8, 4) is 29.1 Å². The second-order valence-corrected chi connectivity index (χ2v) is 12.3. The summed E-state index contributed by atoms with van der Waals surface area (Å²) in [7, 11) is 1.81. The largest absolute Gasteiger partial charge is 0.489 e. The number of piperidine rings is 1. The molecule has 4 saturated carbocycles. The first kappa shape index (κ1) is 26.4. The highest BCUT2D eigenvalue weighted by Crippen LogP contribution is 2.57. The Kier molecular flexibility index (Phi) is 6.32. The fourth-order valence-electron chi connectivity index (χ4n) is 5.92. The molecule has 3 aromatic rings. The smallest absolute Gasteiger partial charge is 0.322 e. The van der Waals surface area contributed by atoms with E-state index in [2.05, 4.69) is 41.6 Å². The number of nitrogens with two attached hydrogens (primary N) is 1. The molecule has 3 aromatic heterocycles. The van der Waals surface area contributed by atoms with Gasteiger partial charge in [-0.3, -0.25) is 9.48 Å². The minimum atomic E-state index is -0.480. The second kappa shape index (κ2) is 10.1. The number of pyridine rings is 1. The van der Waals surface area contributed by atoms with E-state index < -0.39 is 5.41 Å². The molecule has 1 saturated heterocycles. The number of anilines is 2. The molecule has 4 aliphatic carbocycles. The first-order valence-corrected chi connectivity index (χ1v) is 14.4. The number of carbonyl (C=O) groups excluding carboxylic acids is 1. The van der Waals surface area contributed by atoms with Gasteiger partial charge in [0.1, 0.15) is 12.3 Å². The minimum Gasteiger partial charge on any atom is -0.489 e. The Balaban J connectivity index is 1.00. The van der Waals surface area contributed by atoms with Crippen LogP contribution < -0.4 is 25.4 Å². The van der Waals surface area contributed by atoms with Crippen molar-refractivity contribution >= 4 is 17.7 Å². The van der Waals surface area contributed by atoms with Gasteiger partial charge < -0.3 is 25.4 Å². The van der Waals surface area contributed by atoms with Gasteiger partial charge >= 0.3 is 6.01 Å². The van der Waals surface area contributed by atoms with Gasteiger partial charge in [0, 0.05) is 37.4 Å². The monoisotopic (exact) mass is 571 g/mol. The summed E-state index contributed by atoms with van der Waals surface area (Å²) in [4.78, 5) is 32.8. The van der Waals surface area contributed by atoms with Crippen LogP contribution in [0.2, 0.25) is 0 Å². The van der Waals surface area contributed by atoms with Crippen LogP contribution in [0.5, 0.6) is 11.8 Å². The molecular weight excluding hydrogens is 538 g/mol. The summed E-state index contributed by atoms with van der Waals surface area (Å²) in [5.74, 6) is 2.03. The number of hydrogen-bond acceptors (Lipinski definition) is 12. The number of nitrogens with zero attached hydrogens (tertiary/aromatic N) is 9. The Morgan fingerprint density at radius 3 is 2.62 bits per heavy atom. The number of aromatic nitrogens is 7. The zero-order valence-electron chi connectivity index (χ0n) is 23.5. The van der Waals surface area contributed by atoms with Crippen molar-refractivity contribution in [3.05, 3.63) is 24.3 Å². The molecule has 5 fully saturated rings. The van der Waals surface area contributed by atoms with E-state index in [1.54, 1.807) is 17.9 Å². The lowest BCUT2D eigenvalue weighted by Crippen LogP contribution is -2.68. The highest BCUT2D eigenvalue weighted by molar-refractivity contribution is 5.91. The van der Waals surface area contributed by atoms with Crippen LogP contribution >= 0.6 is 0 Å². The number of aryl methyl sites for hydroxylation is 1. The topological polar surface area (TPSA) is 183 Å². The van der Waals surface area contributed by atoms with Gasteiger partial charge in [-0.25, -0.2) is 4.98 Å². The van der Waals surface area contributed by atoms with Gasteiger partial charge in [0.05, 0.1) is 24.3 Å². The number of nitriles is 1. The van der Waals surface area contributed by atoms with Crippen molar-refractivity contribution in [2.24, 2.45) is 24.3 Å². The molecule has 8 rings (SSSR count). The number of nitrogen functional groups attached to an aromatic ring is 1. The van der Waals surface area contributed by atoms with Crippen molar-refractivity contribution in [1.82, 2.24) is 40.2 Å². The summed E-state index contributed by atoms with van der Waals surface area (Å²) in [6.07, 6.45) is 9.78. The number of rotatable bonds is 10. The van der Waals surface area contributed by atoms with E-state index >= 15 is 0 Å². The predicted molar refractivity (Wildman–Crippen MR) is 149 cm³/mol. The highest BCUT2D eigenvalue weighted by Gasteiger charge is 2.57. The molecule has 5 aliphatic rings. The maximum absolute atomic E-state index is 13.1. The lowest BCUT2D eigenvalue weighted by atomic mass is 9.50. The normalized spacial score (nSPS) is 23.7. The summed E-state index contributed by atoms with van der Waals surface area (Å²) >= 11 is 0. The third-order valence-corrected chi connectivity index (χ3v) is 8.94. The average molecular weight is 572 g/mol. The van der Waals surface area contributed by atoms with Crippen molar-refractivity contribution < 1.29 is 14.3 Å². The Morgan fingerprint density at radius 1 is 1.19 bits per heavy atom. The van der Waals surface area contributed by atoms with E-state index in [9.17, 15) is 10.1 Å². The standard InChI is InChI=1S/C28H33N11O3/c1-38-13-20(36-37-38)19-8-21(22(30)31-12-19)41-14-17-2-6-39(7-3-17)25-32-23(24(40)35-28-9-18(10-28)11-28)33-26(34-25)42-16-27(15-29)4-5-27/h8,12-13,17-18H,2-7,9-11,14,16H2,1H3,(H2,30,31)(H,35,40). The molecule has 0 radical (unpaired) electrons. The van der Waals surface area contributed by atoms with Crippen LogP contribution in [-0.4, -0.2) is 72.7 Å². The summed E-state index contributed by atoms with van der Waals surface area (Å²) in [6, 6.07) is 4.24. The summed E-state index contributed by atoms with van der Waals surface area (Å²) in [5.41, 5.74) is 6.99.